The van der Waals surface area contributed by atoms with Crippen LogP contribution in [0.2, 0.25) is 0 Å². The van der Waals surface area contributed by atoms with Crippen LogP contribution in [0.1, 0.15) is 5.56 Å². The number of anilines is 1. The Labute approximate surface area is 143 Å². The number of para-hydroxylation sites is 1. The molecule has 0 atom stereocenters. The monoisotopic (exact) mass is 340 g/mol. The number of rotatable bonds is 5. The van der Waals surface area contributed by atoms with Crippen molar-refractivity contribution in [3.63, 3.8) is 0 Å². The highest BCUT2D eigenvalue weighted by Crippen LogP contribution is 2.28. The molecule has 0 aliphatic heterocycles. The van der Waals surface area contributed by atoms with Gasteiger partial charge in [-0.3, -0.25) is 10.1 Å². The number of nitrogens with zero attached hydrogens (tertiary/aromatic N) is 1. The first-order chi connectivity index (χ1) is 11.7. The summed E-state index contributed by atoms with van der Waals surface area (Å²) in [6, 6.07) is 13.2. The van der Waals surface area contributed by atoms with Gasteiger partial charge in [0.1, 0.15) is 0 Å². The molecule has 0 aliphatic rings. The van der Waals surface area contributed by atoms with E-state index in [9.17, 15) is 4.79 Å². The van der Waals surface area contributed by atoms with Crippen LogP contribution in [-0.2, 0) is 4.79 Å². The molecular weight excluding hydrogens is 324 g/mol. The Hall–Kier alpha value is -2.86. The third-order valence-corrected chi connectivity index (χ3v) is 4.31. The second kappa shape index (κ2) is 7.14. The normalized spacial score (nSPS) is 10.9. The van der Waals surface area contributed by atoms with E-state index in [1.54, 1.807) is 32.4 Å². The number of amides is 1. The van der Waals surface area contributed by atoms with Crippen molar-refractivity contribution in [2.24, 2.45) is 0 Å². The fraction of sp³-hybridized carbons (Fsp3) is 0.111. The lowest BCUT2D eigenvalue weighted by atomic mass is 10.2. The topological polar surface area (TPSA) is 60.5 Å². The summed E-state index contributed by atoms with van der Waals surface area (Å²) in [5.41, 5.74) is 1.72. The molecule has 1 N–H and O–H groups in total. The third kappa shape index (κ3) is 3.55. The van der Waals surface area contributed by atoms with Crippen LogP contribution >= 0.6 is 11.3 Å². The number of aromatic nitrogens is 1. The van der Waals surface area contributed by atoms with E-state index in [0.29, 0.717) is 16.6 Å². The number of nitrogens with one attached hydrogen (secondary N) is 1. The number of thiazole rings is 1. The molecule has 1 heterocycles. The fourth-order valence-electron chi connectivity index (χ4n) is 2.20. The molecule has 0 fully saturated rings. The van der Waals surface area contributed by atoms with Crippen molar-refractivity contribution in [1.82, 2.24) is 4.98 Å². The quantitative estimate of drug-likeness (QED) is 0.714. The molecular formula is C18H16N2O3S. The van der Waals surface area contributed by atoms with Gasteiger partial charge in [0.25, 0.3) is 0 Å². The number of benzene rings is 2. The first kappa shape index (κ1) is 16.0. The van der Waals surface area contributed by atoms with Crippen LogP contribution in [0.5, 0.6) is 11.5 Å². The molecule has 0 saturated heterocycles. The third-order valence-electron chi connectivity index (χ3n) is 3.36. The van der Waals surface area contributed by atoms with Gasteiger partial charge in [-0.15, -0.1) is 0 Å². The van der Waals surface area contributed by atoms with Gasteiger partial charge in [-0.1, -0.05) is 29.5 Å². The summed E-state index contributed by atoms with van der Waals surface area (Å²) in [5, 5.41) is 3.36. The summed E-state index contributed by atoms with van der Waals surface area (Å²) in [4.78, 5) is 16.4. The molecule has 0 aliphatic carbocycles. The van der Waals surface area contributed by atoms with E-state index in [4.69, 9.17) is 9.47 Å². The Morgan fingerprint density at radius 2 is 1.92 bits per heavy atom. The minimum absolute atomic E-state index is 0.233. The number of carbonyl (C=O) groups is 1. The van der Waals surface area contributed by atoms with Gasteiger partial charge >= 0.3 is 0 Å². The number of ether oxygens (including phenoxy) is 2. The van der Waals surface area contributed by atoms with E-state index < -0.39 is 0 Å². The standard InChI is InChI=1S/C18H16N2O3S/c1-22-14-9-7-12(11-15(14)23-2)8-10-17(21)20-18-19-13-5-3-4-6-16(13)24-18/h3-11H,1-2H3,(H,19,20,21)/b10-8-. The predicted molar refractivity (Wildman–Crippen MR) is 96.8 cm³/mol. The van der Waals surface area contributed by atoms with Crippen molar-refractivity contribution in [2.75, 3.05) is 19.5 Å². The van der Waals surface area contributed by atoms with Crippen LogP contribution in [-0.4, -0.2) is 25.1 Å². The van der Waals surface area contributed by atoms with Crippen LogP contribution < -0.4 is 14.8 Å². The average molecular weight is 340 g/mol. The van der Waals surface area contributed by atoms with Crippen LogP contribution in [0.25, 0.3) is 16.3 Å². The Kier molecular flexibility index (Phi) is 4.77. The van der Waals surface area contributed by atoms with Gasteiger partial charge < -0.3 is 9.47 Å². The van der Waals surface area contributed by atoms with Gasteiger partial charge in [0.2, 0.25) is 5.91 Å². The van der Waals surface area contributed by atoms with Crippen molar-refractivity contribution in [3.05, 3.63) is 54.1 Å². The zero-order chi connectivity index (χ0) is 16.9. The number of fused-ring (bicyclic) bond motifs is 1. The highest BCUT2D eigenvalue weighted by Gasteiger charge is 2.06. The molecule has 6 heteroatoms. The molecule has 0 saturated carbocycles. The molecule has 0 unspecified atom stereocenters. The lowest BCUT2D eigenvalue weighted by Gasteiger charge is -2.07. The van der Waals surface area contributed by atoms with Crippen LogP contribution in [0.3, 0.4) is 0 Å². The lowest BCUT2D eigenvalue weighted by molar-refractivity contribution is -0.111. The molecule has 3 rings (SSSR count). The highest BCUT2D eigenvalue weighted by molar-refractivity contribution is 7.22. The van der Waals surface area contributed by atoms with E-state index >= 15 is 0 Å². The maximum atomic E-state index is 12.1. The Bertz CT molecular complexity index is 869. The zero-order valence-electron chi connectivity index (χ0n) is 13.3. The van der Waals surface area contributed by atoms with E-state index in [-0.39, 0.29) is 5.91 Å². The molecule has 5 nitrogen and oxygen atoms in total. The number of hydrogen-bond donors (Lipinski definition) is 1. The van der Waals surface area contributed by atoms with Crippen molar-refractivity contribution >= 4 is 38.7 Å². The molecule has 122 valence electrons. The van der Waals surface area contributed by atoms with Crippen LogP contribution in [0.4, 0.5) is 5.13 Å². The van der Waals surface area contributed by atoms with Crippen LogP contribution in [0.15, 0.2) is 48.5 Å². The molecule has 24 heavy (non-hydrogen) atoms. The summed E-state index contributed by atoms with van der Waals surface area (Å²) in [6.07, 6.45) is 3.18. The Morgan fingerprint density at radius 3 is 2.67 bits per heavy atom. The summed E-state index contributed by atoms with van der Waals surface area (Å²) in [7, 11) is 3.16. The van der Waals surface area contributed by atoms with Crippen molar-refractivity contribution in [2.45, 2.75) is 0 Å². The van der Waals surface area contributed by atoms with E-state index in [1.165, 1.54) is 17.4 Å². The first-order valence-corrected chi connectivity index (χ1v) is 8.08. The molecule has 2 aromatic carbocycles. The van der Waals surface area contributed by atoms with Gasteiger partial charge in [-0.25, -0.2) is 4.98 Å². The molecule has 3 aromatic rings. The van der Waals surface area contributed by atoms with Crippen molar-refractivity contribution in [3.8, 4) is 11.5 Å². The minimum Gasteiger partial charge on any atom is -0.493 e. The SMILES string of the molecule is COc1ccc(/C=C\C(=O)Nc2nc3ccccc3s2)cc1OC. The molecule has 0 radical (unpaired) electrons. The van der Waals surface area contributed by atoms with Crippen molar-refractivity contribution < 1.29 is 14.3 Å². The highest BCUT2D eigenvalue weighted by atomic mass is 32.1. The Balaban J connectivity index is 1.71. The predicted octanol–water partition coefficient (Wildman–Crippen LogP) is 3.97. The summed E-state index contributed by atoms with van der Waals surface area (Å²) in [5.74, 6) is 1.03. The second-order valence-corrected chi connectivity index (χ2v) is 5.95. The van der Waals surface area contributed by atoms with Crippen LogP contribution in [0, 0.1) is 0 Å². The van der Waals surface area contributed by atoms with Gasteiger partial charge in [-0.2, -0.15) is 0 Å². The first-order valence-electron chi connectivity index (χ1n) is 7.26. The fourth-order valence-corrected chi connectivity index (χ4v) is 3.07. The van der Waals surface area contributed by atoms with Gasteiger partial charge in [0.05, 0.1) is 24.4 Å². The smallest absolute Gasteiger partial charge is 0.250 e. The zero-order valence-corrected chi connectivity index (χ0v) is 14.1. The largest absolute Gasteiger partial charge is 0.493 e. The number of carbonyl (C=O) groups excluding carboxylic acids is 1. The number of hydrogen-bond acceptors (Lipinski definition) is 5. The van der Waals surface area contributed by atoms with E-state index in [1.807, 2.05) is 30.3 Å². The lowest BCUT2D eigenvalue weighted by Crippen LogP contribution is -2.07. The minimum atomic E-state index is -0.233. The van der Waals surface area contributed by atoms with Gasteiger partial charge in [0.15, 0.2) is 16.6 Å². The summed E-state index contributed by atoms with van der Waals surface area (Å²) < 4.78 is 11.5. The molecule has 0 bridgehead atoms. The van der Waals surface area contributed by atoms with Gasteiger partial charge in [-0.05, 0) is 35.9 Å². The molecule has 1 aromatic heterocycles. The summed E-state index contributed by atoms with van der Waals surface area (Å²) >= 11 is 1.44. The second-order valence-electron chi connectivity index (χ2n) is 4.92. The van der Waals surface area contributed by atoms with E-state index in [0.717, 1.165) is 15.8 Å². The molecule has 0 spiro atoms. The van der Waals surface area contributed by atoms with Gasteiger partial charge in [0, 0.05) is 6.08 Å². The van der Waals surface area contributed by atoms with E-state index in [2.05, 4.69) is 10.3 Å². The summed E-state index contributed by atoms with van der Waals surface area (Å²) in [6.45, 7) is 0. The van der Waals surface area contributed by atoms with Crippen molar-refractivity contribution in [1.29, 1.82) is 0 Å². The number of methoxy groups -OCH3 is 2. The maximum Gasteiger partial charge on any atom is 0.250 e. The average Bonchev–Trinajstić information content (AvgIpc) is 3.01. The maximum absolute atomic E-state index is 12.1. The Morgan fingerprint density at radius 1 is 1.12 bits per heavy atom. The molecule has 1 amide bonds.